The standard InChI is InChI=1S/C13H13NO2/c1-13(2,16)12-6-4-10-7-9(8-15)3-5-11(10)14-12/h3-8,16H,1-2H3. The van der Waals surface area contributed by atoms with Gasteiger partial charge in [0.25, 0.3) is 0 Å². The van der Waals surface area contributed by atoms with Gasteiger partial charge in [0.2, 0.25) is 0 Å². The Hall–Kier alpha value is -1.74. The molecular weight excluding hydrogens is 202 g/mol. The van der Waals surface area contributed by atoms with E-state index in [1.165, 1.54) is 0 Å². The molecule has 0 radical (unpaired) electrons. The second-order valence-electron chi connectivity index (χ2n) is 4.33. The quantitative estimate of drug-likeness (QED) is 0.782. The molecule has 3 nitrogen and oxygen atoms in total. The predicted molar refractivity (Wildman–Crippen MR) is 62.4 cm³/mol. The summed E-state index contributed by atoms with van der Waals surface area (Å²) in [6.07, 6.45) is 0.809. The molecule has 0 amide bonds. The van der Waals surface area contributed by atoms with Crippen molar-refractivity contribution in [2.75, 3.05) is 0 Å². The Morgan fingerprint density at radius 2 is 2.00 bits per heavy atom. The topological polar surface area (TPSA) is 50.2 Å². The average Bonchev–Trinajstić information content (AvgIpc) is 2.26. The maximum absolute atomic E-state index is 10.6. The molecule has 0 saturated carbocycles. The Bertz CT molecular complexity index is 541. The summed E-state index contributed by atoms with van der Waals surface area (Å²) in [7, 11) is 0. The zero-order valence-electron chi connectivity index (χ0n) is 9.27. The number of aliphatic hydroxyl groups is 1. The van der Waals surface area contributed by atoms with E-state index in [4.69, 9.17) is 0 Å². The van der Waals surface area contributed by atoms with Gasteiger partial charge in [-0.1, -0.05) is 6.07 Å². The Kier molecular flexibility index (Phi) is 2.48. The molecule has 1 heterocycles. The number of aldehydes is 1. The highest BCUT2D eigenvalue weighted by atomic mass is 16.3. The molecule has 0 fully saturated rings. The molecule has 1 N–H and O–H groups in total. The molecule has 0 unspecified atom stereocenters. The highest BCUT2D eigenvalue weighted by Gasteiger charge is 2.17. The van der Waals surface area contributed by atoms with Crippen molar-refractivity contribution < 1.29 is 9.90 Å². The molecule has 0 spiro atoms. The van der Waals surface area contributed by atoms with Crippen molar-refractivity contribution >= 4 is 17.2 Å². The molecule has 1 aromatic carbocycles. The molecular formula is C13H13NO2. The van der Waals surface area contributed by atoms with Crippen molar-refractivity contribution in [2.45, 2.75) is 19.4 Å². The third kappa shape index (κ3) is 1.95. The van der Waals surface area contributed by atoms with E-state index in [9.17, 15) is 9.90 Å². The van der Waals surface area contributed by atoms with Gasteiger partial charge >= 0.3 is 0 Å². The van der Waals surface area contributed by atoms with E-state index in [-0.39, 0.29) is 0 Å². The number of carbonyl (C=O) groups excluding carboxylic acids is 1. The van der Waals surface area contributed by atoms with Crippen LogP contribution in [0, 0.1) is 0 Å². The van der Waals surface area contributed by atoms with Gasteiger partial charge in [-0.15, -0.1) is 0 Å². The van der Waals surface area contributed by atoms with E-state index >= 15 is 0 Å². The third-order valence-electron chi connectivity index (χ3n) is 2.48. The third-order valence-corrected chi connectivity index (χ3v) is 2.48. The summed E-state index contributed by atoms with van der Waals surface area (Å²) in [5, 5.41) is 10.7. The van der Waals surface area contributed by atoms with Crippen LogP contribution < -0.4 is 0 Å². The molecule has 2 aromatic rings. The summed E-state index contributed by atoms with van der Waals surface area (Å²) >= 11 is 0. The van der Waals surface area contributed by atoms with Crippen LogP contribution >= 0.6 is 0 Å². The minimum atomic E-state index is -0.947. The predicted octanol–water partition coefficient (Wildman–Crippen LogP) is 2.27. The lowest BCUT2D eigenvalue weighted by molar-refractivity contribution is 0.0742. The van der Waals surface area contributed by atoms with E-state index in [1.54, 1.807) is 38.1 Å². The van der Waals surface area contributed by atoms with Crippen LogP contribution in [0.1, 0.15) is 29.9 Å². The molecule has 2 rings (SSSR count). The SMILES string of the molecule is CC(C)(O)c1ccc2cc(C=O)ccc2n1. The van der Waals surface area contributed by atoms with E-state index in [0.29, 0.717) is 11.3 Å². The molecule has 0 atom stereocenters. The van der Waals surface area contributed by atoms with Crippen LogP contribution in [0.4, 0.5) is 0 Å². The number of benzene rings is 1. The Morgan fingerprint density at radius 1 is 1.25 bits per heavy atom. The molecule has 0 aliphatic carbocycles. The van der Waals surface area contributed by atoms with Gasteiger partial charge in [0.05, 0.1) is 11.2 Å². The molecule has 0 aliphatic rings. The minimum absolute atomic E-state index is 0.624. The van der Waals surface area contributed by atoms with Gasteiger partial charge in [-0.25, -0.2) is 4.98 Å². The summed E-state index contributed by atoms with van der Waals surface area (Å²) in [6, 6.07) is 8.92. The van der Waals surface area contributed by atoms with Crippen molar-refractivity contribution in [1.82, 2.24) is 4.98 Å². The maximum atomic E-state index is 10.6. The van der Waals surface area contributed by atoms with Crippen LogP contribution in [0.15, 0.2) is 30.3 Å². The normalized spacial score (nSPS) is 11.7. The number of hydrogen-bond acceptors (Lipinski definition) is 3. The number of pyridine rings is 1. The first kappa shape index (κ1) is 10.8. The molecule has 1 aromatic heterocycles. The van der Waals surface area contributed by atoms with Crippen LogP contribution in [-0.2, 0) is 5.60 Å². The van der Waals surface area contributed by atoms with Crippen LogP contribution in [0.5, 0.6) is 0 Å². The fourth-order valence-corrected chi connectivity index (χ4v) is 1.56. The molecule has 0 saturated heterocycles. The van der Waals surface area contributed by atoms with Gasteiger partial charge < -0.3 is 5.11 Å². The highest BCUT2D eigenvalue weighted by Crippen LogP contribution is 2.21. The monoisotopic (exact) mass is 215 g/mol. The fourth-order valence-electron chi connectivity index (χ4n) is 1.56. The van der Waals surface area contributed by atoms with Gasteiger partial charge in [0.15, 0.2) is 0 Å². The number of carbonyl (C=O) groups is 1. The molecule has 16 heavy (non-hydrogen) atoms. The van der Waals surface area contributed by atoms with Crippen molar-refractivity contribution in [2.24, 2.45) is 0 Å². The van der Waals surface area contributed by atoms with Crippen molar-refractivity contribution in [3.63, 3.8) is 0 Å². The number of fused-ring (bicyclic) bond motifs is 1. The average molecular weight is 215 g/mol. The van der Waals surface area contributed by atoms with Crippen LogP contribution in [0.3, 0.4) is 0 Å². The Morgan fingerprint density at radius 3 is 2.62 bits per heavy atom. The van der Waals surface area contributed by atoms with Gasteiger partial charge in [-0.3, -0.25) is 4.79 Å². The van der Waals surface area contributed by atoms with Crippen LogP contribution in [0.25, 0.3) is 10.9 Å². The lowest BCUT2D eigenvalue weighted by Crippen LogP contribution is -2.17. The van der Waals surface area contributed by atoms with E-state index in [1.807, 2.05) is 6.07 Å². The summed E-state index contributed by atoms with van der Waals surface area (Å²) < 4.78 is 0. The van der Waals surface area contributed by atoms with Gasteiger partial charge in [-0.2, -0.15) is 0 Å². The molecule has 82 valence electrons. The summed E-state index contributed by atoms with van der Waals surface area (Å²) in [6.45, 7) is 3.39. The second-order valence-corrected chi connectivity index (χ2v) is 4.33. The Labute approximate surface area is 93.7 Å². The van der Waals surface area contributed by atoms with Crippen molar-refractivity contribution in [3.05, 3.63) is 41.6 Å². The maximum Gasteiger partial charge on any atom is 0.150 e. The largest absolute Gasteiger partial charge is 0.384 e. The van der Waals surface area contributed by atoms with Crippen molar-refractivity contribution in [3.8, 4) is 0 Å². The summed E-state index contributed by atoms with van der Waals surface area (Å²) in [4.78, 5) is 15.0. The zero-order chi connectivity index (χ0) is 11.8. The zero-order valence-corrected chi connectivity index (χ0v) is 9.27. The first-order chi connectivity index (χ1) is 7.50. The van der Waals surface area contributed by atoms with E-state index in [0.717, 1.165) is 17.2 Å². The van der Waals surface area contributed by atoms with E-state index in [2.05, 4.69) is 4.98 Å². The smallest absolute Gasteiger partial charge is 0.150 e. The fraction of sp³-hybridized carbons (Fsp3) is 0.231. The molecule has 3 heteroatoms. The number of nitrogens with zero attached hydrogens (tertiary/aromatic N) is 1. The Balaban J connectivity index is 2.60. The highest BCUT2D eigenvalue weighted by molar-refractivity contribution is 5.86. The lowest BCUT2D eigenvalue weighted by Gasteiger charge is -2.16. The number of rotatable bonds is 2. The van der Waals surface area contributed by atoms with E-state index < -0.39 is 5.60 Å². The van der Waals surface area contributed by atoms with Gasteiger partial charge in [0, 0.05) is 10.9 Å². The summed E-state index contributed by atoms with van der Waals surface area (Å²) in [5.74, 6) is 0. The van der Waals surface area contributed by atoms with Gasteiger partial charge in [-0.05, 0) is 38.1 Å². The first-order valence-electron chi connectivity index (χ1n) is 5.09. The minimum Gasteiger partial charge on any atom is -0.384 e. The molecule has 0 bridgehead atoms. The summed E-state index contributed by atoms with van der Waals surface area (Å²) in [5.41, 5.74) is 1.09. The van der Waals surface area contributed by atoms with Crippen LogP contribution in [-0.4, -0.2) is 16.4 Å². The lowest BCUT2D eigenvalue weighted by atomic mass is 10.0. The number of hydrogen-bond donors (Lipinski definition) is 1. The van der Waals surface area contributed by atoms with Gasteiger partial charge in [0.1, 0.15) is 11.9 Å². The number of aromatic nitrogens is 1. The first-order valence-corrected chi connectivity index (χ1v) is 5.09. The molecule has 0 aliphatic heterocycles. The van der Waals surface area contributed by atoms with Crippen LogP contribution in [0.2, 0.25) is 0 Å². The van der Waals surface area contributed by atoms with Crippen molar-refractivity contribution in [1.29, 1.82) is 0 Å². The second kappa shape index (κ2) is 3.68.